The highest BCUT2D eigenvalue weighted by Crippen LogP contribution is 2.21. The van der Waals surface area contributed by atoms with Crippen molar-refractivity contribution < 1.29 is 0 Å². The van der Waals surface area contributed by atoms with Gasteiger partial charge in [0.2, 0.25) is 10.4 Å². The van der Waals surface area contributed by atoms with Gasteiger partial charge in [-0.05, 0) is 35.7 Å². The molecule has 2 rings (SSSR count). The third-order valence-corrected chi connectivity index (χ3v) is 2.74. The van der Waals surface area contributed by atoms with Crippen molar-refractivity contribution in [1.82, 2.24) is 9.36 Å². The second-order valence-corrected chi connectivity index (χ2v) is 3.99. The second-order valence-electron chi connectivity index (χ2n) is 2.93. The van der Waals surface area contributed by atoms with Crippen LogP contribution in [0.25, 0.3) is 0 Å². The number of aromatic nitrogens is 2. The molecule has 0 N–H and O–H groups in total. The molecule has 1 aromatic heterocycles. The quantitative estimate of drug-likeness (QED) is 0.769. The summed E-state index contributed by atoms with van der Waals surface area (Å²) in [6.45, 7) is 1.99. The lowest BCUT2D eigenvalue weighted by molar-refractivity contribution is 1.19. The van der Waals surface area contributed by atoms with Crippen molar-refractivity contribution in [2.45, 2.75) is 6.92 Å². The van der Waals surface area contributed by atoms with Gasteiger partial charge in [0, 0.05) is 11.5 Å². The average Bonchev–Trinajstić information content (AvgIpc) is 2.73. The molecule has 0 spiro atoms. The lowest BCUT2D eigenvalue weighted by Gasteiger charge is -1.94. The first-order valence-electron chi connectivity index (χ1n) is 4.58. The topological polar surface area (TPSA) is 50.5 Å². The minimum Gasteiger partial charge on any atom is -0.185 e. The molecular formula is C10H8ClN4S. The normalized spacial score (nSPS) is 11.1. The molecule has 0 aliphatic rings. The highest BCUT2D eigenvalue weighted by atomic mass is 35.5. The number of hydrogen-bond donors (Lipinski definition) is 0. The van der Waals surface area contributed by atoms with Crippen LogP contribution in [0.4, 0.5) is 10.8 Å². The molecule has 16 heavy (non-hydrogen) atoms. The maximum absolute atomic E-state index is 5.56. The lowest BCUT2D eigenvalue weighted by atomic mass is 10.2. The molecule has 1 heterocycles. The molecule has 1 radical (unpaired) electrons. The Hall–Kier alpha value is -1.33. The Morgan fingerprint density at radius 1 is 1.25 bits per heavy atom. The van der Waals surface area contributed by atoms with E-state index in [-0.39, 0.29) is 5.28 Å². The van der Waals surface area contributed by atoms with E-state index in [4.69, 9.17) is 11.6 Å². The summed E-state index contributed by atoms with van der Waals surface area (Å²) in [6, 6.07) is 7.73. The molecule has 0 fully saturated rings. The van der Waals surface area contributed by atoms with Gasteiger partial charge in [-0.1, -0.05) is 19.1 Å². The largest absolute Gasteiger partial charge is 0.250 e. The van der Waals surface area contributed by atoms with Crippen molar-refractivity contribution in [3.63, 3.8) is 0 Å². The maximum Gasteiger partial charge on any atom is 0.250 e. The van der Waals surface area contributed by atoms with Crippen molar-refractivity contribution in [2.75, 3.05) is 0 Å². The van der Waals surface area contributed by atoms with E-state index in [1.165, 1.54) is 0 Å². The average molecular weight is 252 g/mol. The Morgan fingerprint density at radius 3 is 2.56 bits per heavy atom. The molecule has 0 unspecified atom stereocenters. The Balaban J connectivity index is 2.11. The molecular weight excluding hydrogens is 244 g/mol. The molecule has 2 aromatic rings. The van der Waals surface area contributed by atoms with Gasteiger partial charge < -0.3 is 0 Å². The van der Waals surface area contributed by atoms with Crippen LogP contribution >= 0.6 is 23.1 Å². The van der Waals surface area contributed by atoms with E-state index in [2.05, 4.69) is 19.6 Å². The molecule has 0 aliphatic carbocycles. The third kappa shape index (κ3) is 2.84. The Labute approximate surface area is 102 Å². The van der Waals surface area contributed by atoms with Gasteiger partial charge in [0.15, 0.2) is 0 Å². The van der Waals surface area contributed by atoms with Crippen LogP contribution in [-0.4, -0.2) is 9.36 Å². The van der Waals surface area contributed by atoms with E-state index in [0.717, 1.165) is 22.8 Å². The minimum atomic E-state index is 0.204. The number of rotatable bonds is 3. The van der Waals surface area contributed by atoms with E-state index in [0.29, 0.717) is 5.13 Å². The van der Waals surface area contributed by atoms with E-state index < -0.39 is 0 Å². The van der Waals surface area contributed by atoms with Crippen LogP contribution in [0.15, 0.2) is 34.5 Å². The van der Waals surface area contributed by atoms with Crippen LogP contribution in [0.5, 0.6) is 0 Å². The molecule has 81 valence electrons. The molecule has 0 amide bonds. The first-order valence-corrected chi connectivity index (χ1v) is 5.73. The molecule has 0 aliphatic heterocycles. The summed E-state index contributed by atoms with van der Waals surface area (Å²) in [5.41, 5.74) is 1.93. The SMILES string of the molecule is C[CH]c1ccc(N=Nc2nc(Cl)ns2)cc1. The van der Waals surface area contributed by atoms with Crippen molar-refractivity contribution in [1.29, 1.82) is 0 Å². The van der Waals surface area contributed by atoms with Crippen LogP contribution in [0.2, 0.25) is 5.28 Å². The van der Waals surface area contributed by atoms with Gasteiger partial charge in [-0.2, -0.15) is 9.36 Å². The first-order chi connectivity index (χ1) is 7.78. The lowest BCUT2D eigenvalue weighted by Crippen LogP contribution is -1.73. The molecule has 0 saturated carbocycles. The minimum absolute atomic E-state index is 0.204. The molecule has 6 heteroatoms. The predicted molar refractivity (Wildman–Crippen MR) is 64.6 cm³/mol. The summed E-state index contributed by atoms with van der Waals surface area (Å²) in [6.07, 6.45) is 2.02. The zero-order valence-electron chi connectivity index (χ0n) is 8.46. The van der Waals surface area contributed by atoms with E-state index in [1.54, 1.807) is 0 Å². The van der Waals surface area contributed by atoms with Crippen LogP contribution in [-0.2, 0) is 0 Å². The monoisotopic (exact) mass is 251 g/mol. The van der Waals surface area contributed by atoms with E-state index in [1.807, 2.05) is 37.6 Å². The van der Waals surface area contributed by atoms with Crippen molar-refractivity contribution in [3.05, 3.63) is 41.5 Å². The van der Waals surface area contributed by atoms with Crippen molar-refractivity contribution >= 4 is 34.0 Å². The van der Waals surface area contributed by atoms with Crippen LogP contribution in [0.1, 0.15) is 12.5 Å². The Morgan fingerprint density at radius 2 is 2.00 bits per heavy atom. The molecule has 4 nitrogen and oxygen atoms in total. The second kappa shape index (κ2) is 5.14. The fourth-order valence-electron chi connectivity index (χ4n) is 1.07. The van der Waals surface area contributed by atoms with Crippen LogP contribution in [0, 0.1) is 6.42 Å². The summed E-state index contributed by atoms with van der Waals surface area (Å²) in [4.78, 5) is 3.87. The zero-order chi connectivity index (χ0) is 11.4. The summed E-state index contributed by atoms with van der Waals surface area (Å²) in [7, 11) is 0. The molecule has 1 aromatic carbocycles. The number of halogens is 1. The van der Waals surface area contributed by atoms with E-state index in [9.17, 15) is 0 Å². The van der Waals surface area contributed by atoms with Gasteiger partial charge in [-0.25, -0.2) is 0 Å². The highest BCUT2D eigenvalue weighted by molar-refractivity contribution is 7.09. The van der Waals surface area contributed by atoms with Crippen molar-refractivity contribution in [3.8, 4) is 0 Å². The third-order valence-electron chi connectivity index (χ3n) is 1.87. The number of hydrogen-bond acceptors (Lipinski definition) is 5. The fourth-order valence-corrected chi connectivity index (χ4v) is 1.71. The standard InChI is InChI=1S/C10H8ClN4S/c1-2-7-3-5-8(6-4-7)13-14-10-12-9(11)15-16-10/h2-6H,1H3. The van der Waals surface area contributed by atoms with Gasteiger partial charge >= 0.3 is 0 Å². The smallest absolute Gasteiger partial charge is 0.185 e. The molecule has 0 saturated heterocycles. The van der Waals surface area contributed by atoms with Gasteiger partial charge in [-0.3, -0.25) is 0 Å². The van der Waals surface area contributed by atoms with Gasteiger partial charge in [0.1, 0.15) is 0 Å². The number of azo groups is 1. The zero-order valence-corrected chi connectivity index (χ0v) is 10.0. The number of benzene rings is 1. The highest BCUT2D eigenvalue weighted by Gasteiger charge is 1.98. The summed E-state index contributed by atoms with van der Waals surface area (Å²) in [5.74, 6) is 0. The summed E-state index contributed by atoms with van der Waals surface area (Å²) < 4.78 is 3.79. The number of nitrogens with zero attached hydrogens (tertiary/aromatic N) is 4. The summed E-state index contributed by atoms with van der Waals surface area (Å²) in [5, 5.41) is 8.61. The fraction of sp³-hybridized carbons (Fsp3) is 0.100. The first kappa shape index (κ1) is 11.2. The van der Waals surface area contributed by atoms with Crippen LogP contribution in [0.3, 0.4) is 0 Å². The Kier molecular flexibility index (Phi) is 3.58. The van der Waals surface area contributed by atoms with Crippen LogP contribution < -0.4 is 0 Å². The summed E-state index contributed by atoms with van der Waals surface area (Å²) >= 11 is 6.68. The molecule has 0 atom stereocenters. The maximum atomic E-state index is 5.56. The van der Waals surface area contributed by atoms with Crippen molar-refractivity contribution in [2.24, 2.45) is 10.2 Å². The van der Waals surface area contributed by atoms with Gasteiger partial charge in [0.25, 0.3) is 0 Å². The van der Waals surface area contributed by atoms with E-state index >= 15 is 0 Å². The van der Waals surface area contributed by atoms with Gasteiger partial charge in [-0.15, -0.1) is 10.2 Å². The van der Waals surface area contributed by atoms with Gasteiger partial charge in [0.05, 0.1) is 5.69 Å². The predicted octanol–water partition coefficient (Wildman–Crippen LogP) is 4.18. The molecule has 0 bridgehead atoms. The Bertz CT molecular complexity index is 492.